The van der Waals surface area contributed by atoms with Gasteiger partial charge in [-0.25, -0.2) is 13.4 Å². The van der Waals surface area contributed by atoms with Gasteiger partial charge in [0, 0.05) is 23.2 Å². The number of hydrogen-bond donors (Lipinski definition) is 0. The maximum atomic E-state index is 12.9. The minimum Gasteiger partial charge on any atom is -0.487 e. The van der Waals surface area contributed by atoms with Gasteiger partial charge in [-0.2, -0.15) is 0 Å². The van der Waals surface area contributed by atoms with Crippen molar-refractivity contribution in [1.29, 1.82) is 0 Å². The molecule has 0 saturated heterocycles. The van der Waals surface area contributed by atoms with Gasteiger partial charge in [-0.1, -0.05) is 32.4 Å². The number of pyridine rings is 1. The third kappa shape index (κ3) is 5.95. The van der Waals surface area contributed by atoms with Gasteiger partial charge in [0.1, 0.15) is 0 Å². The molecule has 0 atom stereocenters. The van der Waals surface area contributed by atoms with Crippen LogP contribution in [0, 0.1) is 5.41 Å². The Morgan fingerprint density at radius 1 is 1.20 bits per heavy atom. The second kappa shape index (κ2) is 9.35. The number of carbonyl (C=O) groups is 1. The Hall–Kier alpha value is -2.12. The molecule has 1 aromatic carbocycles. The number of rotatable bonds is 7. The van der Waals surface area contributed by atoms with E-state index in [4.69, 9.17) is 16.3 Å². The average molecular weight is 453 g/mol. The molecule has 1 aromatic heterocycles. The summed E-state index contributed by atoms with van der Waals surface area (Å²) in [6.07, 6.45) is 1.31. The molecule has 1 amide bonds. The van der Waals surface area contributed by atoms with Crippen LogP contribution in [0.2, 0.25) is 5.02 Å². The van der Waals surface area contributed by atoms with Crippen LogP contribution in [0.1, 0.15) is 47.1 Å². The highest BCUT2D eigenvalue weighted by atomic mass is 35.5. The maximum absolute atomic E-state index is 12.9. The minimum atomic E-state index is -3.59. The van der Waals surface area contributed by atoms with Gasteiger partial charge < -0.3 is 4.74 Å². The molecule has 0 saturated carbocycles. The molecule has 0 fully saturated rings. The van der Waals surface area contributed by atoms with Gasteiger partial charge in [-0.05, 0) is 56.7 Å². The normalized spacial score (nSPS) is 12.1. The van der Waals surface area contributed by atoms with Gasteiger partial charge >= 0.3 is 0 Å². The maximum Gasteiger partial charge on any atom is 0.233 e. The van der Waals surface area contributed by atoms with Crippen LogP contribution in [-0.2, 0) is 20.4 Å². The zero-order chi connectivity index (χ0) is 22.7. The summed E-state index contributed by atoms with van der Waals surface area (Å²) in [7, 11) is -3.59. The van der Waals surface area contributed by atoms with Gasteiger partial charge in [0.05, 0.1) is 16.8 Å². The Balaban J connectivity index is 2.44. The van der Waals surface area contributed by atoms with Crippen molar-refractivity contribution in [3.63, 3.8) is 0 Å². The van der Waals surface area contributed by atoms with Crippen molar-refractivity contribution in [3.8, 4) is 5.75 Å². The second-order valence-corrected chi connectivity index (χ2v) is 10.8. The molecule has 1 heterocycles. The fourth-order valence-electron chi connectivity index (χ4n) is 2.84. The highest BCUT2D eigenvalue weighted by molar-refractivity contribution is 7.90. The van der Waals surface area contributed by atoms with Crippen molar-refractivity contribution in [2.75, 3.05) is 11.4 Å². The standard InChI is InChI=1S/C22H29ClN2O4S/c1-7-25(21(26)22(4,5)6)20-19(29-15(2)3)12-16(13-24-20)14-30(27,28)18-10-8-17(23)9-11-18/h8-13,15H,7,14H2,1-6H3. The van der Waals surface area contributed by atoms with E-state index in [0.717, 1.165) is 0 Å². The zero-order valence-electron chi connectivity index (χ0n) is 18.3. The molecule has 6 nitrogen and oxygen atoms in total. The Morgan fingerprint density at radius 3 is 2.30 bits per heavy atom. The number of halogens is 1. The van der Waals surface area contributed by atoms with Crippen LogP contribution < -0.4 is 9.64 Å². The van der Waals surface area contributed by atoms with E-state index in [1.807, 2.05) is 41.5 Å². The number of carbonyl (C=O) groups excluding carboxylic acids is 1. The van der Waals surface area contributed by atoms with Gasteiger partial charge in [0.25, 0.3) is 0 Å². The topological polar surface area (TPSA) is 76.6 Å². The van der Waals surface area contributed by atoms with Crippen LogP contribution >= 0.6 is 11.6 Å². The van der Waals surface area contributed by atoms with Crippen LogP contribution in [-0.4, -0.2) is 32.0 Å². The number of anilines is 1. The first-order chi connectivity index (χ1) is 13.8. The van der Waals surface area contributed by atoms with E-state index < -0.39 is 15.3 Å². The molecule has 2 rings (SSSR count). The number of hydrogen-bond acceptors (Lipinski definition) is 5. The van der Waals surface area contributed by atoms with Crippen LogP contribution in [0.15, 0.2) is 41.4 Å². The Kier molecular flexibility index (Phi) is 7.53. The average Bonchev–Trinajstić information content (AvgIpc) is 2.62. The van der Waals surface area contributed by atoms with E-state index in [1.54, 1.807) is 23.1 Å². The summed E-state index contributed by atoms with van der Waals surface area (Å²) >= 11 is 5.86. The summed E-state index contributed by atoms with van der Waals surface area (Å²) in [6, 6.07) is 7.69. The van der Waals surface area contributed by atoms with Crippen molar-refractivity contribution in [1.82, 2.24) is 4.98 Å². The lowest BCUT2D eigenvalue weighted by atomic mass is 9.94. The fraction of sp³-hybridized carbons (Fsp3) is 0.455. The number of ether oxygens (including phenoxy) is 1. The third-order valence-electron chi connectivity index (χ3n) is 4.24. The molecule has 164 valence electrons. The first kappa shape index (κ1) is 24.2. The molecule has 0 N–H and O–H groups in total. The predicted molar refractivity (Wildman–Crippen MR) is 120 cm³/mol. The summed E-state index contributed by atoms with van der Waals surface area (Å²) in [4.78, 5) is 19.1. The van der Waals surface area contributed by atoms with E-state index in [9.17, 15) is 13.2 Å². The number of aromatic nitrogens is 1. The van der Waals surface area contributed by atoms with Crippen molar-refractivity contribution in [2.45, 2.75) is 58.3 Å². The molecule has 30 heavy (non-hydrogen) atoms. The van der Waals surface area contributed by atoms with E-state index in [1.165, 1.54) is 18.3 Å². The number of nitrogens with zero attached hydrogens (tertiary/aromatic N) is 2. The molecule has 0 radical (unpaired) electrons. The van der Waals surface area contributed by atoms with Crippen molar-refractivity contribution < 1.29 is 17.9 Å². The summed E-state index contributed by atoms with van der Waals surface area (Å²) < 4.78 is 31.5. The fourth-order valence-corrected chi connectivity index (χ4v) is 4.28. The number of benzene rings is 1. The third-order valence-corrected chi connectivity index (χ3v) is 6.20. The Bertz CT molecular complexity index is 997. The van der Waals surface area contributed by atoms with E-state index >= 15 is 0 Å². The summed E-state index contributed by atoms with van der Waals surface area (Å²) in [5, 5.41) is 0.468. The molecule has 0 aliphatic heterocycles. The lowest BCUT2D eigenvalue weighted by Crippen LogP contribution is -2.40. The van der Waals surface area contributed by atoms with Gasteiger partial charge in [0.2, 0.25) is 5.91 Å². The summed E-state index contributed by atoms with van der Waals surface area (Å²) in [6.45, 7) is 11.5. The monoisotopic (exact) mass is 452 g/mol. The van der Waals surface area contributed by atoms with Crippen molar-refractivity contribution in [3.05, 3.63) is 47.1 Å². The van der Waals surface area contributed by atoms with E-state index in [-0.39, 0.29) is 22.7 Å². The minimum absolute atomic E-state index is 0.0901. The molecular weight excluding hydrogens is 424 g/mol. The molecule has 0 aliphatic rings. The molecular formula is C22H29ClN2O4S. The molecule has 2 aromatic rings. The lowest BCUT2D eigenvalue weighted by Gasteiger charge is -2.29. The van der Waals surface area contributed by atoms with Crippen molar-refractivity contribution >= 4 is 33.2 Å². The van der Waals surface area contributed by atoms with E-state index in [0.29, 0.717) is 28.7 Å². The van der Waals surface area contributed by atoms with E-state index in [2.05, 4.69) is 4.98 Å². The molecule has 0 bridgehead atoms. The Morgan fingerprint density at radius 2 is 1.80 bits per heavy atom. The van der Waals surface area contributed by atoms with Gasteiger partial charge in [-0.15, -0.1) is 0 Å². The highest BCUT2D eigenvalue weighted by Gasteiger charge is 2.30. The number of amides is 1. The first-order valence-electron chi connectivity index (χ1n) is 9.81. The molecule has 8 heteroatoms. The van der Waals surface area contributed by atoms with Crippen molar-refractivity contribution in [2.24, 2.45) is 5.41 Å². The predicted octanol–water partition coefficient (Wildman–Crippen LogP) is 4.90. The van der Waals surface area contributed by atoms with Gasteiger partial charge in [-0.3, -0.25) is 9.69 Å². The van der Waals surface area contributed by atoms with Crippen LogP contribution in [0.3, 0.4) is 0 Å². The van der Waals surface area contributed by atoms with Crippen LogP contribution in [0.5, 0.6) is 5.75 Å². The molecule has 0 spiro atoms. The quantitative estimate of drug-likeness (QED) is 0.597. The Labute approximate surface area is 184 Å². The smallest absolute Gasteiger partial charge is 0.233 e. The number of sulfone groups is 1. The summed E-state index contributed by atoms with van der Waals surface area (Å²) in [5.74, 6) is 0.440. The largest absolute Gasteiger partial charge is 0.487 e. The molecule has 0 unspecified atom stereocenters. The highest BCUT2D eigenvalue weighted by Crippen LogP contribution is 2.32. The summed E-state index contributed by atoms with van der Waals surface area (Å²) in [5.41, 5.74) is -0.118. The first-order valence-corrected chi connectivity index (χ1v) is 11.8. The lowest BCUT2D eigenvalue weighted by molar-refractivity contribution is -0.125. The SMILES string of the molecule is CCN(C(=O)C(C)(C)C)c1ncc(CS(=O)(=O)c2ccc(Cl)cc2)cc1OC(C)C. The van der Waals surface area contributed by atoms with Gasteiger partial charge in [0.15, 0.2) is 21.4 Å². The second-order valence-electron chi connectivity index (χ2n) is 8.34. The van der Waals surface area contributed by atoms with Crippen LogP contribution in [0.25, 0.3) is 0 Å². The molecule has 0 aliphatic carbocycles. The zero-order valence-corrected chi connectivity index (χ0v) is 19.8. The van der Waals surface area contributed by atoms with Crippen LogP contribution in [0.4, 0.5) is 5.82 Å².